The number of amides is 1. The molecule has 0 radical (unpaired) electrons. The van der Waals surface area contributed by atoms with Gasteiger partial charge in [-0.15, -0.1) is 0 Å². The van der Waals surface area contributed by atoms with Gasteiger partial charge in [0.1, 0.15) is 12.1 Å². The number of carbonyl (C=O) groups excluding carboxylic acids is 3. The summed E-state index contributed by atoms with van der Waals surface area (Å²) in [5, 5.41) is 0. The number of aryl methyl sites for hydroxylation is 1. The average Bonchev–Trinajstić information content (AvgIpc) is 3.56. The summed E-state index contributed by atoms with van der Waals surface area (Å²) in [6, 6.07) is 10.2. The Morgan fingerprint density at radius 1 is 1.18 bits per heavy atom. The molecule has 0 N–H and O–H groups in total. The van der Waals surface area contributed by atoms with Gasteiger partial charge < -0.3 is 19.0 Å². The highest BCUT2D eigenvalue weighted by molar-refractivity contribution is 6.02. The highest BCUT2D eigenvalue weighted by atomic mass is 19.1. The number of nitrogens with zero attached hydrogens (tertiary/aromatic N) is 3. The fraction of sp³-hybridized carbons (Fsp3) is 0.400. The number of halogens is 1. The van der Waals surface area contributed by atoms with E-state index >= 15 is 4.39 Å². The Balaban J connectivity index is 1.19. The van der Waals surface area contributed by atoms with Crippen molar-refractivity contribution in [2.45, 2.75) is 63.6 Å². The van der Waals surface area contributed by atoms with Crippen molar-refractivity contribution < 1.29 is 23.5 Å². The maximum atomic E-state index is 15.4. The number of hydrogen-bond acceptors (Lipinski definition) is 5. The van der Waals surface area contributed by atoms with Crippen LogP contribution in [-0.4, -0.2) is 39.2 Å². The minimum atomic E-state index is -1.02. The second-order valence-corrected chi connectivity index (χ2v) is 11.3. The first-order valence-electron chi connectivity index (χ1n) is 13.3. The monoisotopic (exact) mass is 513 g/mol. The smallest absolute Gasteiger partial charge is 0.335 e. The zero-order valence-corrected chi connectivity index (χ0v) is 21.2. The van der Waals surface area contributed by atoms with Gasteiger partial charge in [-0.25, -0.2) is 14.2 Å². The van der Waals surface area contributed by atoms with Crippen LogP contribution in [-0.2, 0) is 39.3 Å². The minimum absolute atomic E-state index is 0.0179. The third kappa shape index (κ3) is 3.18. The molecule has 1 aromatic heterocycles. The molecule has 194 valence electrons. The van der Waals surface area contributed by atoms with Gasteiger partial charge >= 0.3 is 5.97 Å². The number of benzene rings is 2. The minimum Gasteiger partial charge on any atom is -0.464 e. The summed E-state index contributed by atoms with van der Waals surface area (Å²) in [5.41, 5.74) is 4.63. The molecule has 1 atom stereocenters. The van der Waals surface area contributed by atoms with Gasteiger partial charge in [-0.2, -0.15) is 0 Å². The van der Waals surface area contributed by atoms with Crippen molar-refractivity contribution >= 4 is 18.2 Å². The largest absolute Gasteiger partial charge is 0.464 e. The van der Waals surface area contributed by atoms with Gasteiger partial charge in [0, 0.05) is 28.8 Å². The highest BCUT2D eigenvalue weighted by Crippen LogP contribution is 2.72. The van der Waals surface area contributed by atoms with Crippen LogP contribution in [0.1, 0.15) is 71.5 Å². The summed E-state index contributed by atoms with van der Waals surface area (Å²) in [5.74, 6) is -1.42. The van der Waals surface area contributed by atoms with Gasteiger partial charge in [-0.3, -0.25) is 4.79 Å². The topological polar surface area (TPSA) is 81.5 Å². The van der Waals surface area contributed by atoms with Crippen molar-refractivity contribution in [1.82, 2.24) is 14.5 Å². The van der Waals surface area contributed by atoms with Gasteiger partial charge in [0.2, 0.25) is 0 Å². The molecule has 3 saturated carbocycles. The van der Waals surface area contributed by atoms with Gasteiger partial charge in [0.05, 0.1) is 25.2 Å². The molecular formula is C30H28FN3O4. The first-order valence-corrected chi connectivity index (χ1v) is 13.3. The number of esters is 1. The van der Waals surface area contributed by atoms with E-state index in [2.05, 4.69) is 17.1 Å². The van der Waals surface area contributed by atoms with Gasteiger partial charge in [-0.05, 0) is 73.3 Å². The van der Waals surface area contributed by atoms with E-state index in [1.807, 2.05) is 16.7 Å². The van der Waals surface area contributed by atoms with E-state index in [0.717, 1.165) is 56.2 Å². The molecule has 2 bridgehead atoms. The first kappa shape index (κ1) is 23.3. The van der Waals surface area contributed by atoms with E-state index in [-0.39, 0.29) is 35.1 Å². The van der Waals surface area contributed by atoms with Crippen molar-refractivity contribution in [1.29, 1.82) is 0 Å². The predicted octanol–water partition coefficient (Wildman–Crippen LogP) is 4.52. The molecule has 8 heteroatoms. The zero-order valence-electron chi connectivity index (χ0n) is 21.2. The van der Waals surface area contributed by atoms with Crippen molar-refractivity contribution in [3.8, 4) is 11.1 Å². The summed E-state index contributed by atoms with van der Waals surface area (Å²) in [6.07, 6.45) is 7.23. The molecule has 3 aromatic rings. The number of carbonyl (C=O) groups is 3. The standard InChI is InChI=1S/C30H28FN3O4/c1-2-38-28(37)26(25-24-4-3-9-33(24)17-32-25)34-12-22-21(27(34)36)10-19(11-23(22)31)18-5-7-20(8-6-18)30-13-29(14-30,15-30)16-35/h5-8,10-11,16-17,26H,2-4,9,12-15H2,1H3. The van der Waals surface area contributed by atoms with Crippen LogP contribution in [0.25, 0.3) is 11.1 Å². The SMILES string of the molecule is CCOC(=O)C(c1ncn2c1CCC2)N1Cc2c(F)cc(-c3ccc(C45CC(C=O)(C4)C5)cc3)cc2C1=O. The molecule has 8 rings (SSSR count). The molecule has 0 spiro atoms. The Morgan fingerprint density at radius 3 is 2.66 bits per heavy atom. The summed E-state index contributed by atoms with van der Waals surface area (Å²) in [4.78, 5) is 43.9. The summed E-state index contributed by atoms with van der Waals surface area (Å²) < 4.78 is 22.8. The number of hydrogen-bond donors (Lipinski definition) is 0. The van der Waals surface area contributed by atoms with Crippen LogP contribution in [0.3, 0.4) is 0 Å². The van der Waals surface area contributed by atoms with Gasteiger partial charge in [-0.1, -0.05) is 24.3 Å². The quantitative estimate of drug-likeness (QED) is 0.343. The van der Waals surface area contributed by atoms with E-state index < -0.39 is 23.7 Å². The molecule has 1 amide bonds. The number of fused-ring (bicyclic) bond motifs is 2. The van der Waals surface area contributed by atoms with Crippen LogP contribution < -0.4 is 0 Å². The molecule has 1 unspecified atom stereocenters. The van der Waals surface area contributed by atoms with Crippen molar-refractivity contribution in [2.24, 2.45) is 5.41 Å². The molecule has 3 fully saturated rings. The Labute approximate surface area is 219 Å². The second kappa shape index (κ2) is 8.09. The van der Waals surface area contributed by atoms with Gasteiger partial charge in [0.15, 0.2) is 6.04 Å². The predicted molar refractivity (Wildman–Crippen MR) is 136 cm³/mol. The molecular weight excluding hydrogens is 485 g/mol. The van der Waals surface area contributed by atoms with Crippen LogP contribution in [0, 0.1) is 11.2 Å². The first-order chi connectivity index (χ1) is 18.4. The van der Waals surface area contributed by atoms with Crippen molar-refractivity contribution in [2.75, 3.05) is 6.61 Å². The maximum absolute atomic E-state index is 15.4. The van der Waals surface area contributed by atoms with E-state index in [1.165, 1.54) is 16.5 Å². The molecule has 38 heavy (non-hydrogen) atoms. The Bertz CT molecular complexity index is 1490. The molecule has 5 aliphatic rings. The lowest BCUT2D eigenvalue weighted by atomic mass is 9.34. The van der Waals surface area contributed by atoms with E-state index in [1.54, 1.807) is 19.3 Å². The molecule has 0 saturated heterocycles. The third-order valence-electron chi connectivity index (χ3n) is 9.04. The number of aldehydes is 1. The van der Waals surface area contributed by atoms with Crippen LogP contribution >= 0.6 is 0 Å². The number of aromatic nitrogens is 2. The lowest BCUT2D eigenvalue weighted by molar-refractivity contribution is -0.159. The normalized spacial score (nSPS) is 25.3. The summed E-state index contributed by atoms with van der Waals surface area (Å²) >= 11 is 0. The summed E-state index contributed by atoms with van der Waals surface area (Å²) in [7, 11) is 0. The molecule has 3 aliphatic carbocycles. The lowest BCUT2D eigenvalue weighted by Crippen LogP contribution is -2.65. The number of ether oxygens (including phenoxy) is 1. The van der Waals surface area contributed by atoms with E-state index in [0.29, 0.717) is 11.3 Å². The lowest BCUT2D eigenvalue weighted by Gasteiger charge is -2.68. The molecule has 7 nitrogen and oxygen atoms in total. The summed E-state index contributed by atoms with van der Waals surface area (Å²) in [6.45, 7) is 2.70. The van der Waals surface area contributed by atoms with Crippen LogP contribution in [0.15, 0.2) is 42.7 Å². The fourth-order valence-electron chi connectivity index (χ4n) is 7.21. The number of rotatable bonds is 7. The average molecular weight is 514 g/mol. The highest BCUT2D eigenvalue weighted by Gasteiger charge is 2.68. The van der Waals surface area contributed by atoms with Crippen LogP contribution in [0.5, 0.6) is 0 Å². The molecule has 2 aromatic carbocycles. The number of imidazole rings is 1. The second-order valence-electron chi connectivity index (χ2n) is 11.3. The van der Waals surface area contributed by atoms with E-state index in [9.17, 15) is 14.4 Å². The third-order valence-corrected chi connectivity index (χ3v) is 9.04. The van der Waals surface area contributed by atoms with Crippen molar-refractivity contribution in [3.05, 3.63) is 76.6 Å². The van der Waals surface area contributed by atoms with Crippen LogP contribution in [0.4, 0.5) is 4.39 Å². The Hall–Kier alpha value is -3.81. The Morgan fingerprint density at radius 2 is 1.95 bits per heavy atom. The Kier molecular flexibility index (Phi) is 4.97. The van der Waals surface area contributed by atoms with Crippen LogP contribution in [0.2, 0.25) is 0 Å². The van der Waals surface area contributed by atoms with Gasteiger partial charge in [0.25, 0.3) is 5.91 Å². The molecule has 3 heterocycles. The van der Waals surface area contributed by atoms with E-state index in [4.69, 9.17) is 4.74 Å². The molecule has 2 aliphatic heterocycles. The van der Waals surface area contributed by atoms with Crippen molar-refractivity contribution in [3.63, 3.8) is 0 Å². The maximum Gasteiger partial charge on any atom is 0.335 e. The zero-order chi connectivity index (χ0) is 26.2. The fourth-order valence-corrected chi connectivity index (χ4v) is 7.21.